The quantitative estimate of drug-likeness (QED) is 0.779. The fraction of sp³-hybridized carbons (Fsp3) is 0.500. The van der Waals surface area contributed by atoms with Gasteiger partial charge in [-0.05, 0) is 49.9 Å². The zero-order valence-electron chi connectivity index (χ0n) is 19.0. The largest absolute Gasteiger partial charge is 0.342 e. The molecule has 0 bridgehead atoms. The summed E-state index contributed by atoms with van der Waals surface area (Å²) in [7, 11) is 0. The molecule has 1 fully saturated rings. The highest BCUT2D eigenvalue weighted by molar-refractivity contribution is 5.92. The monoisotopic (exact) mass is 426 g/mol. The fourth-order valence-corrected chi connectivity index (χ4v) is 3.87. The Labute approximate surface area is 183 Å². The second kappa shape index (κ2) is 9.12. The van der Waals surface area contributed by atoms with Crippen LogP contribution in [0.15, 0.2) is 24.3 Å². The van der Waals surface area contributed by atoms with Gasteiger partial charge in [0.15, 0.2) is 0 Å². The van der Waals surface area contributed by atoms with Gasteiger partial charge in [-0.3, -0.25) is 9.59 Å². The maximum Gasteiger partial charge on any atom is 0.228 e. The van der Waals surface area contributed by atoms with Gasteiger partial charge in [0.2, 0.25) is 11.8 Å². The van der Waals surface area contributed by atoms with Crippen LogP contribution in [0.2, 0.25) is 0 Å². The number of carbonyl (C=O) groups excluding carboxylic acids is 2. The average Bonchev–Trinajstić information content (AvgIpc) is 3.15. The van der Waals surface area contributed by atoms with Crippen molar-refractivity contribution in [3.8, 4) is 0 Å². The minimum absolute atomic E-state index is 0.0328. The maximum atomic E-state index is 13.0. The zero-order chi connectivity index (χ0) is 22.8. The third kappa shape index (κ3) is 6.09. The Morgan fingerprint density at radius 1 is 1.13 bits per heavy atom. The molecule has 2 amide bonds. The number of nitrogens with zero attached hydrogens (tertiary/aromatic N) is 3. The maximum absolute atomic E-state index is 13.0. The number of likely N-dealkylation sites (tertiary alicyclic amines) is 1. The number of hydrogen-bond acceptors (Lipinski definition) is 4. The molecule has 2 heterocycles. The molecule has 0 saturated carbocycles. The molecule has 1 saturated heterocycles. The lowest BCUT2D eigenvalue weighted by Gasteiger charge is -2.23. The van der Waals surface area contributed by atoms with E-state index in [0.717, 1.165) is 35.7 Å². The van der Waals surface area contributed by atoms with Crippen LogP contribution < -0.4 is 5.32 Å². The smallest absolute Gasteiger partial charge is 0.228 e. The summed E-state index contributed by atoms with van der Waals surface area (Å²) in [4.78, 5) is 36.2. The molecule has 0 radical (unpaired) electrons. The van der Waals surface area contributed by atoms with Crippen molar-refractivity contribution in [3.05, 3.63) is 52.9 Å². The van der Waals surface area contributed by atoms with Gasteiger partial charge in [0.1, 0.15) is 11.6 Å². The first-order valence-corrected chi connectivity index (χ1v) is 10.7. The third-order valence-electron chi connectivity index (χ3n) is 5.49. The topological polar surface area (TPSA) is 75.2 Å². The van der Waals surface area contributed by atoms with E-state index in [0.29, 0.717) is 18.7 Å². The van der Waals surface area contributed by atoms with E-state index in [1.165, 1.54) is 24.3 Å². The van der Waals surface area contributed by atoms with Gasteiger partial charge in [-0.25, -0.2) is 14.4 Å². The summed E-state index contributed by atoms with van der Waals surface area (Å²) in [6.07, 6.45) is 1.52. The lowest BCUT2D eigenvalue weighted by atomic mass is 9.92. The van der Waals surface area contributed by atoms with E-state index in [1.807, 2.05) is 18.7 Å². The number of rotatable bonds is 5. The number of benzene rings is 1. The summed E-state index contributed by atoms with van der Waals surface area (Å²) < 4.78 is 13.0. The van der Waals surface area contributed by atoms with Gasteiger partial charge in [0.05, 0.1) is 6.42 Å². The second-order valence-electron chi connectivity index (χ2n) is 9.53. The van der Waals surface area contributed by atoms with E-state index in [2.05, 4.69) is 36.1 Å². The number of halogens is 1. The first kappa shape index (κ1) is 22.8. The van der Waals surface area contributed by atoms with Crippen LogP contribution >= 0.6 is 0 Å². The van der Waals surface area contributed by atoms with Gasteiger partial charge in [-0.2, -0.15) is 0 Å². The summed E-state index contributed by atoms with van der Waals surface area (Å²) in [6, 6.07) is 5.67. The number of hydrogen-bond donors (Lipinski definition) is 1. The first-order valence-electron chi connectivity index (χ1n) is 10.7. The Balaban J connectivity index is 1.66. The molecule has 0 aliphatic carbocycles. The number of anilines is 1. The minimum Gasteiger partial charge on any atom is -0.342 e. The standard InChI is InChI=1S/C24H31FN4O2/c1-15-20(12-21(30)28-19-8-6-18(25)7-9-19)16(2)27-23(26-15)17-10-11-29(14-17)22(31)13-24(3,4)5/h6-9,17H,10-14H2,1-5H3,(H,28,30)/t17-/m0/s1. The highest BCUT2D eigenvalue weighted by Gasteiger charge is 2.31. The molecule has 1 atom stereocenters. The van der Waals surface area contributed by atoms with Crippen LogP contribution in [0.1, 0.15) is 62.3 Å². The van der Waals surface area contributed by atoms with E-state index >= 15 is 0 Å². The van der Waals surface area contributed by atoms with Gasteiger partial charge < -0.3 is 10.2 Å². The Morgan fingerprint density at radius 2 is 1.74 bits per heavy atom. The molecular weight excluding hydrogens is 395 g/mol. The average molecular weight is 427 g/mol. The molecule has 6 nitrogen and oxygen atoms in total. The van der Waals surface area contributed by atoms with Crippen molar-refractivity contribution in [2.24, 2.45) is 5.41 Å². The van der Waals surface area contributed by atoms with Gasteiger partial charge in [0, 0.05) is 48.1 Å². The lowest BCUT2D eigenvalue weighted by molar-refractivity contribution is -0.132. The molecule has 1 aliphatic rings. The van der Waals surface area contributed by atoms with Crippen molar-refractivity contribution in [2.45, 2.75) is 59.8 Å². The SMILES string of the molecule is Cc1nc([C@H]2CCN(C(=O)CC(C)(C)C)C2)nc(C)c1CC(=O)Nc1ccc(F)cc1. The Hall–Kier alpha value is -2.83. The van der Waals surface area contributed by atoms with Crippen LogP contribution in [0.3, 0.4) is 0 Å². The number of amides is 2. The van der Waals surface area contributed by atoms with E-state index in [4.69, 9.17) is 0 Å². The van der Waals surface area contributed by atoms with E-state index < -0.39 is 0 Å². The Bertz CT molecular complexity index is 944. The van der Waals surface area contributed by atoms with Crippen LogP contribution in [0.25, 0.3) is 0 Å². The summed E-state index contributed by atoms with van der Waals surface area (Å²) in [6.45, 7) is 11.3. The van der Waals surface area contributed by atoms with Gasteiger partial charge in [-0.1, -0.05) is 20.8 Å². The highest BCUT2D eigenvalue weighted by Crippen LogP contribution is 2.29. The lowest BCUT2D eigenvalue weighted by Crippen LogP contribution is -2.31. The third-order valence-corrected chi connectivity index (χ3v) is 5.49. The normalized spacial score (nSPS) is 16.5. The molecule has 1 aliphatic heterocycles. The highest BCUT2D eigenvalue weighted by atomic mass is 19.1. The molecule has 31 heavy (non-hydrogen) atoms. The molecule has 166 valence electrons. The molecule has 1 N–H and O–H groups in total. The molecule has 0 spiro atoms. The van der Waals surface area contributed by atoms with Crippen molar-refractivity contribution in [1.82, 2.24) is 14.9 Å². The molecule has 1 aromatic carbocycles. The van der Waals surface area contributed by atoms with Gasteiger partial charge in [-0.15, -0.1) is 0 Å². The fourth-order valence-electron chi connectivity index (χ4n) is 3.87. The van der Waals surface area contributed by atoms with Crippen LogP contribution in [-0.4, -0.2) is 39.8 Å². The predicted octanol–water partition coefficient (Wildman–Crippen LogP) is 4.17. The Morgan fingerprint density at radius 3 is 2.32 bits per heavy atom. The van der Waals surface area contributed by atoms with Crippen LogP contribution in [0.4, 0.5) is 10.1 Å². The predicted molar refractivity (Wildman–Crippen MR) is 118 cm³/mol. The molecule has 7 heteroatoms. The molecule has 1 aromatic heterocycles. The van der Waals surface area contributed by atoms with Crippen LogP contribution in [0.5, 0.6) is 0 Å². The molecular formula is C24H31FN4O2. The van der Waals surface area contributed by atoms with Crippen molar-refractivity contribution in [2.75, 3.05) is 18.4 Å². The zero-order valence-corrected chi connectivity index (χ0v) is 19.0. The van der Waals surface area contributed by atoms with Crippen molar-refractivity contribution in [1.29, 1.82) is 0 Å². The second-order valence-corrected chi connectivity index (χ2v) is 9.53. The van der Waals surface area contributed by atoms with Crippen LogP contribution in [0, 0.1) is 25.1 Å². The van der Waals surface area contributed by atoms with Crippen molar-refractivity contribution < 1.29 is 14.0 Å². The van der Waals surface area contributed by atoms with Crippen molar-refractivity contribution in [3.63, 3.8) is 0 Å². The molecule has 0 unspecified atom stereocenters. The van der Waals surface area contributed by atoms with Gasteiger partial charge >= 0.3 is 0 Å². The Kier molecular flexibility index (Phi) is 6.72. The van der Waals surface area contributed by atoms with Crippen molar-refractivity contribution >= 4 is 17.5 Å². The van der Waals surface area contributed by atoms with E-state index in [-0.39, 0.29) is 35.4 Å². The summed E-state index contributed by atoms with van der Waals surface area (Å²) in [5.74, 6) is 0.484. The first-order chi connectivity index (χ1) is 14.5. The minimum atomic E-state index is -0.348. The number of carbonyl (C=O) groups is 2. The van der Waals surface area contributed by atoms with Gasteiger partial charge in [0.25, 0.3) is 0 Å². The van der Waals surface area contributed by atoms with E-state index in [9.17, 15) is 14.0 Å². The summed E-state index contributed by atoms with van der Waals surface area (Å²) in [5, 5.41) is 2.77. The number of aromatic nitrogens is 2. The number of aryl methyl sites for hydroxylation is 2. The van der Waals surface area contributed by atoms with Crippen LogP contribution in [-0.2, 0) is 16.0 Å². The number of nitrogens with one attached hydrogen (secondary N) is 1. The molecule has 2 aromatic rings. The van der Waals surface area contributed by atoms with E-state index in [1.54, 1.807) is 0 Å². The summed E-state index contributed by atoms with van der Waals surface area (Å²) >= 11 is 0. The molecule has 3 rings (SSSR count). The summed E-state index contributed by atoms with van der Waals surface area (Å²) in [5.41, 5.74) is 2.86.